The predicted octanol–water partition coefficient (Wildman–Crippen LogP) is 6.68. The van der Waals surface area contributed by atoms with Crippen LogP contribution in [0.3, 0.4) is 0 Å². The van der Waals surface area contributed by atoms with Gasteiger partial charge in [0.15, 0.2) is 0 Å². The highest BCUT2D eigenvalue weighted by Gasteiger charge is 2.02. The fraction of sp³-hybridized carbons (Fsp3) is 0.667. The average molecular weight is 431 g/mol. The van der Waals surface area contributed by atoms with Gasteiger partial charge in [-0.15, -0.1) is 0 Å². The number of unbranched alkanes of at least 4 members (excludes halogenated alkanes) is 11. The number of ether oxygens (including phenoxy) is 1. The molecule has 4 nitrogen and oxygen atoms in total. The first kappa shape index (κ1) is 27.2. The van der Waals surface area contributed by atoms with Gasteiger partial charge in [-0.2, -0.15) is 0 Å². The summed E-state index contributed by atoms with van der Waals surface area (Å²) in [6.07, 6.45) is 21.9. The molecule has 1 aromatic carbocycles. The summed E-state index contributed by atoms with van der Waals surface area (Å²) in [5.74, 6) is 0.954. The topological polar surface area (TPSA) is 64.3 Å². The van der Waals surface area contributed by atoms with E-state index in [0.29, 0.717) is 26.1 Å². The lowest BCUT2D eigenvalue weighted by Gasteiger charge is -2.07. The number of hydrogen-bond acceptors (Lipinski definition) is 3. The minimum atomic E-state index is 0.140. The second-order valence-corrected chi connectivity index (χ2v) is 8.39. The second-order valence-electron chi connectivity index (χ2n) is 8.39. The minimum absolute atomic E-state index is 0.140. The lowest BCUT2D eigenvalue weighted by atomic mass is 10.1. The van der Waals surface area contributed by atoms with Crippen LogP contribution < -0.4 is 15.8 Å². The third kappa shape index (κ3) is 16.5. The van der Waals surface area contributed by atoms with Gasteiger partial charge >= 0.3 is 0 Å². The summed E-state index contributed by atoms with van der Waals surface area (Å²) in [4.78, 5) is 12.0. The van der Waals surface area contributed by atoms with E-state index >= 15 is 0 Å². The van der Waals surface area contributed by atoms with E-state index in [-0.39, 0.29) is 5.91 Å². The molecule has 1 rings (SSSR count). The van der Waals surface area contributed by atoms with Crippen molar-refractivity contribution >= 4 is 5.91 Å². The van der Waals surface area contributed by atoms with Crippen molar-refractivity contribution in [1.82, 2.24) is 5.32 Å². The summed E-state index contributed by atoms with van der Waals surface area (Å²) in [5, 5.41) is 3.00. The zero-order valence-corrected chi connectivity index (χ0v) is 19.9. The number of carbonyl (C=O) groups is 1. The lowest BCUT2D eigenvalue weighted by Crippen LogP contribution is -2.22. The molecule has 0 aliphatic carbocycles. The molecule has 0 saturated carbocycles. The third-order valence-corrected chi connectivity index (χ3v) is 5.47. The Hall–Kier alpha value is -1.81. The number of nitrogens with one attached hydrogen (secondary N) is 1. The van der Waals surface area contributed by atoms with Gasteiger partial charge in [-0.3, -0.25) is 4.79 Å². The Balaban J connectivity index is 1.90. The first-order chi connectivity index (χ1) is 15.3. The van der Waals surface area contributed by atoms with Crippen molar-refractivity contribution < 1.29 is 9.53 Å². The van der Waals surface area contributed by atoms with E-state index in [0.717, 1.165) is 24.2 Å². The molecule has 0 bridgehead atoms. The van der Waals surface area contributed by atoms with Gasteiger partial charge in [0.25, 0.3) is 0 Å². The summed E-state index contributed by atoms with van der Waals surface area (Å²) in [6, 6.07) is 7.80. The van der Waals surface area contributed by atoms with Crippen molar-refractivity contribution in [3.05, 3.63) is 42.0 Å². The second kappa shape index (κ2) is 20.1. The van der Waals surface area contributed by atoms with Crippen molar-refractivity contribution in [3.63, 3.8) is 0 Å². The van der Waals surface area contributed by atoms with E-state index in [2.05, 4.69) is 24.4 Å². The quantitative estimate of drug-likeness (QED) is 0.179. The fourth-order valence-electron chi connectivity index (χ4n) is 3.53. The van der Waals surface area contributed by atoms with Crippen LogP contribution in [0.5, 0.6) is 5.75 Å². The number of allylic oxidation sites excluding steroid dienone is 2. The summed E-state index contributed by atoms with van der Waals surface area (Å²) in [7, 11) is 0. The maximum Gasteiger partial charge on any atom is 0.220 e. The number of nitrogens with two attached hydrogens (primary N) is 1. The van der Waals surface area contributed by atoms with Crippen molar-refractivity contribution in [1.29, 1.82) is 0 Å². The summed E-state index contributed by atoms with van der Waals surface area (Å²) in [6.45, 7) is 3.87. The first-order valence-electron chi connectivity index (χ1n) is 12.6. The molecule has 0 aliphatic rings. The van der Waals surface area contributed by atoms with Crippen LogP contribution in [0, 0.1) is 0 Å². The van der Waals surface area contributed by atoms with Crippen LogP contribution in [0.1, 0.15) is 102 Å². The van der Waals surface area contributed by atoms with E-state index in [1.54, 1.807) is 0 Å². The van der Waals surface area contributed by atoms with Crippen LogP contribution in [0.25, 0.3) is 0 Å². The van der Waals surface area contributed by atoms with Gasteiger partial charge in [0.2, 0.25) is 5.91 Å². The Labute approximate surface area is 191 Å². The van der Waals surface area contributed by atoms with Gasteiger partial charge < -0.3 is 15.8 Å². The maximum atomic E-state index is 12.0. The number of benzene rings is 1. The third-order valence-electron chi connectivity index (χ3n) is 5.47. The molecular weight excluding hydrogens is 384 g/mol. The summed E-state index contributed by atoms with van der Waals surface area (Å²) in [5.41, 5.74) is 6.51. The monoisotopic (exact) mass is 430 g/mol. The van der Waals surface area contributed by atoms with Crippen LogP contribution in [-0.4, -0.2) is 19.1 Å². The molecule has 3 N–H and O–H groups in total. The maximum absolute atomic E-state index is 12.0. The highest BCUT2D eigenvalue weighted by molar-refractivity contribution is 5.75. The van der Waals surface area contributed by atoms with Gasteiger partial charge in [-0.25, -0.2) is 0 Å². The molecule has 0 heterocycles. The molecule has 0 unspecified atom stereocenters. The zero-order chi connectivity index (χ0) is 22.4. The van der Waals surface area contributed by atoms with Crippen LogP contribution >= 0.6 is 0 Å². The SMILES string of the molecule is CCCCCCCCC=CCCCCCCCC(=O)NCc1ccc(OCCN)cc1. The van der Waals surface area contributed by atoms with E-state index in [1.165, 1.54) is 70.6 Å². The van der Waals surface area contributed by atoms with E-state index in [1.807, 2.05) is 24.3 Å². The van der Waals surface area contributed by atoms with Gasteiger partial charge in [0, 0.05) is 19.5 Å². The van der Waals surface area contributed by atoms with E-state index < -0.39 is 0 Å². The summed E-state index contributed by atoms with van der Waals surface area (Å²) < 4.78 is 5.46. The van der Waals surface area contributed by atoms with Gasteiger partial charge in [-0.05, 0) is 49.8 Å². The largest absolute Gasteiger partial charge is 0.492 e. The molecule has 176 valence electrons. The van der Waals surface area contributed by atoms with Gasteiger partial charge in [0.1, 0.15) is 12.4 Å². The molecule has 4 heteroatoms. The van der Waals surface area contributed by atoms with E-state index in [4.69, 9.17) is 10.5 Å². The lowest BCUT2D eigenvalue weighted by molar-refractivity contribution is -0.121. The molecule has 0 fully saturated rings. The first-order valence-corrected chi connectivity index (χ1v) is 12.6. The highest BCUT2D eigenvalue weighted by atomic mass is 16.5. The normalized spacial score (nSPS) is 11.2. The molecule has 0 aliphatic heterocycles. The van der Waals surface area contributed by atoms with Gasteiger partial charge in [-0.1, -0.05) is 82.6 Å². The molecule has 0 spiro atoms. The molecule has 0 atom stereocenters. The predicted molar refractivity (Wildman–Crippen MR) is 132 cm³/mol. The van der Waals surface area contributed by atoms with Crippen molar-refractivity contribution in [2.45, 2.75) is 103 Å². The molecule has 1 amide bonds. The van der Waals surface area contributed by atoms with Crippen LogP contribution in [-0.2, 0) is 11.3 Å². The summed E-state index contributed by atoms with van der Waals surface area (Å²) >= 11 is 0. The molecule has 31 heavy (non-hydrogen) atoms. The Kier molecular flexibility index (Phi) is 17.7. The molecule has 0 aromatic heterocycles. The number of amides is 1. The van der Waals surface area contributed by atoms with Crippen LogP contribution in [0.2, 0.25) is 0 Å². The number of hydrogen-bond donors (Lipinski definition) is 2. The van der Waals surface area contributed by atoms with Gasteiger partial charge in [0.05, 0.1) is 0 Å². The highest BCUT2D eigenvalue weighted by Crippen LogP contribution is 2.12. The molecule has 0 saturated heterocycles. The van der Waals surface area contributed by atoms with Crippen molar-refractivity contribution in [3.8, 4) is 5.75 Å². The smallest absolute Gasteiger partial charge is 0.220 e. The van der Waals surface area contributed by atoms with Crippen LogP contribution in [0.4, 0.5) is 0 Å². The Morgan fingerprint density at radius 3 is 2.06 bits per heavy atom. The van der Waals surface area contributed by atoms with Crippen LogP contribution in [0.15, 0.2) is 36.4 Å². The van der Waals surface area contributed by atoms with Crippen molar-refractivity contribution in [2.24, 2.45) is 5.73 Å². The Bertz CT molecular complexity index is 569. The number of rotatable bonds is 20. The van der Waals surface area contributed by atoms with Crippen molar-refractivity contribution in [2.75, 3.05) is 13.2 Å². The average Bonchev–Trinajstić information content (AvgIpc) is 2.79. The molecule has 0 radical (unpaired) electrons. The minimum Gasteiger partial charge on any atom is -0.492 e. The Morgan fingerprint density at radius 1 is 0.871 bits per heavy atom. The molecule has 1 aromatic rings. The zero-order valence-electron chi connectivity index (χ0n) is 19.9. The molecular formula is C27H46N2O2. The Morgan fingerprint density at radius 2 is 1.45 bits per heavy atom. The fourth-order valence-corrected chi connectivity index (χ4v) is 3.53. The number of carbonyl (C=O) groups excluding carboxylic acids is 1. The standard InChI is InChI=1S/C27H46N2O2/c1-2-3-4-5-6-7-8-9-10-11-12-13-14-15-16-17-27(30)29-24-25-18-20-26(21-19-25)31-23-22-28/h9-10,18-21H,2-8,11-17,22-24,28H2,1H3,(H,29,30). The van der Waals surface area contributed by atoms with E-state index in [9.17, 15) is 4.79 Å².